The Balaban J connectivity index is 2.42. The van der Waals surface area contributed by atoms with Crippen LogP contribution in [0.1, 0.15) is 33.6 Å². The molecule has 1 rings (SSSR count). The maximum Gasteiger partial charge on any atom is 0.410 e. The van der Waals surface area contributed by atoms with E-state index in [1.807, 2.05) is 13.8 Å². The van der Waals surface area contributed by atoms with Gasteiger partial charge in [-0.15, -0.1) is 0 Å². The molecule has 80 valence electrons. The molecule has 0 bridgehead atoms. The maximum atomic E-state index is 11.5. The van der Waals surface area contributed by atoms with Crippen LogP contribution in [0.3, 0.4) is 0 Å². The van der Waals surface area contributed by atoms with E-state index in [2.05, 4.69) is 13.0 Å². The van der Waals surface area contributed by atoms with Crippen LogP contribution in [0.4, 0.5) is 4.79 Å². The van der Waals surface area contributed by atoms with Gasteiger partial charge in [-0.1, -0.05) is 18.6 Å². The summed E-state index contributed by atoms with van der Waals surface area (Å²) < 4.78 is 5.12. The van der Waals surface area contributed by atoms with E-state index >= 15 is 0 Å². The minimum Gasteiger partial charge on any atom is -0.447 e. The van der Waals surface area contributed by atoms with Crippen molar-refractivity contribution in [1.29, 1.82) is 0 Å². The van der Waals surface area contributed by atoms with Gasteiger partial charge in [0.2, 0.25) is 0 Å². The predicted molar refractivity (Wildman–Crippen MR) is 56.2 cm³/mol. The molecule has 3 nitrogen and oxygen atoms in total. The van der Waals surface area contributed by atoms with Crippen LogP contribution in [0.5, 0.6) is 0 Å². The van der Waals surface area contributed by atoms with Gasteiger partial charge in [0.15, 0.2) is 0 Å². The Hall–Kier alpha value is -0.990. The van der Waals surface area contributed by atoms with Crippen molar-refractivity contribution in [3.8, 4) is 0 Å². The molecule has 1 amide bonds. The molecule has 14 heavy (non-hydrogen) atoms. The highest BCUT2D eigenvalue weighted by Crippen LogP contribution is 2.14. The zero-order chi connectivity index (χ0) is 10.6. The molecule has 0 unspecified atom stereocenters. The molecule has 1 heterocycles. The van der Waals surface area contributed by atoms with Crippen molar-refractivity contribution in [2.45, 2.75) is 39.7 Å². The maximum absolute atomic E-state index is 11.5. The highest BCUT2D eigenvalue weighted by molar-refractivity contribution is 5.68. The van der Waals surface area contributed by atoms with E-state index < -0.39 is 0 Å². The molecule has 3 heteroatoms. The smallest absolute Gasteiger partial charge is 0.410 e. The minimum atomic E-state index is -0.189. The fourth-order valence-corrected chi connectivity index (χ4v) is 1.47. The molecule has 0 atom stereocenters. The Bertz CT molecular complexity index is 233. The van der Waals surface area contributed by atoms with Crippen LogP contribution >= 0.6 is 0 Å². The van der Waals surface area contributed by atoms with Crippen LogP contribution in [0.15, 0.2) is 11.6 Å². The van der Waals surface area contributed by atoms with Gasteiger partial charge in [-0.25, -0.2) is 4.79 Å². The Kier molecular flexibility index (Phi) is 3.98. The Morgan fingerprint density at radius 1 is 1.64 bits per heavy atom. The summed E-state index contributed by atoms with van der Waals surface area (Å²) in [5.41, 5.74) is 1.44. The van der Waals surface area contributed by atoms with Crippen LogP contribution in [-0.2, 0) is 4.74 Å². The van der Waals surface area contributed by atoms with E-state index in [-0.39, 0.29) is 12.2 Å². The Labute approximate surface area is 85.7 Å². The van der Waals surface area contributed by atoms with Gasteiger partial charge in [0.05, 0.1) is 6.10 Å². The van der Waals surface area contributed by atoms with E-state index in [0.717, 1.165) is 19.4 Å². The van der Waals surface area contributed by atoms with E-state index in [1.165, 1.54) is 5.57 Å². The molecule has 0 aromatic carbocycles. The summed E-state index contributed by atoms with van der Waals surface area (Å²) in [6.45, 7) is 7.39. The normalized spacial score (nSPS) is 16.9. The predicted octanol–water partition coefficient (Wildman–Crippen LogP) is 2.57. The van der Waals surface area contributed by atoms with Crippen molar-refractivity contribution in [2.75, 3.05) is 13.1 Å². The van der Waals surface area contributed by atoms with E-state index in [0.29, 0.717) is 6.54 Å². The third-order valence-corrected chi connectivity index (χ3v) is 2.35. The van der Waals surface area contributed by atoms with Crippen LogP contribution in [0.25, 0.3) is 0 Å². The Morgan fingerprint density at radius 3 is 2.79 bits per heavy atom. The number of nitrogens with zero attached hydrogens (tertiary/aromatic N) is 1. The van der Waals surface area contributed by atoms with Crippen molar-refractivity contribution >= 4 is 6.09 Å². The summed E-state index contributed by atoms with van der Waals surface area (Å²) >= 11 is 0. The minimum absolute atomic E-state index is 0.0287. The lowest BCUT2D eigenvalue weighted by Gasteiger charge is -2.26. The zero-order valence-electron chi connectivity index (χ0n) is 9.25. The van der Waals surface area contributed by atoms with Crippen molar-refractivity contribution < 1.29 is 9.53 Å². The Morgan fingerprint density at radius 2 is 2.36 bits per heavy atom. The monoisotopic (exact) mass is 197 g/mol. The number of hydrogen-bond acceptors (Lipinski definition) is 2. The fourth-order valence-electron chi connectivity index (χ4n) is 1.47. The van der Waals surface area contributed by atoms with Gasteiger partial charge in [0.1, 0.15) is 0 Å². The largest absolute Gasteiger partial charge is 0.447 e. The summed E-state index contributed by atoms with van der Waals surface area (Å²) in [7, 11) is 0. The molecule has 0 aromatic heterocycles. The first-order valence-electron chi connectivity index (χ1n) is 5.27. The number of amides is 1. The lowest BCUT2D eigenvalue weighted by molar-refractivity contribution is 0.0791. The second kappa shape index (κ2) is 5.03. The lowest BCUT2D eigenvalue weighted by Crippen LogP contribution is -2.36. The van der Waals surface area contributed by atoms with Crippen molar-refractivity contribution in [3.63, 3.8) is 0 Å². The molecule has 0 aromatic rings. The molecular formula is C11H19NO2. The quantitative estimate of drug-likeness (QED) is 0.637. The zero-order valence-corrected chi connectivity index (χ0v) is 9.25. The summed E-state index contributed by atoms with van der Waals surface area (Å²) in [5, 5.41) is 0. The molecule has 1 aliphatic rings. The molecule has 0 aliphatic carbocycles. The van der Waals surface area contributed by atoms with Gasteiger partial charge >= 0.3 is 6.09 Å². The highest BCUT2D eigenvalue weighted by atomic mass is 16.6. The summed E-state index contributed by atoms with van der Waals surface area (Å²) in [4.78, 5) is 13.2. The summed E-state index contributed by atoms with van der Waals surface area (Å²) in [6.07, 6.45) is 3.99. The molecule has 1 aliphatic heterocycles. The van der Waals surface area contributed by atoms with Gasteiger partial charge < -0.3 is 9.64 Å². The average molecular weight is 197 g/mol. The number of ether oxygens (including phenoxy) is 1. The van der Waals surface area contributed by atoms with Gasteiger partial charge in [-0.05, 0) is 26.7 Å². The number of carbonyl (C=O) groups excluding carboxylic acids is 1. The molecular weight excluding hydrogens is 178 g/mol. The SMILES string of the molecule is CCC1=CCN(C(=O)OC(C)C)CC1. The molecule has 0 saturated carbocycles. The number of hydrogen-bond donors (Lipinski definition) is 0. The average Bonchev–Trinajstić information content (AvgIpc) is 2.17. The van der Waals surface area contributed by atoms with Gasteiger partial charge in [-0.3, -0.25) is 0 Å². The third-order valence-electron chi connectivity index (χ3n) is 2.35. The lowest BCUT2D eigenvalue weighted by atomic mass is 10.1. The first-order chi connectivity index (χ1) is 6.63. The third kappa shape index (κ3) is 3.05. The van der Waals surface area contributed by atoms with Gasteiger partial charge in [-0.2, -0.15) is 0 Å². The summed E-state index contributed by atoms with van der Waals surface area (Å²) in [5.74, 6) is 0. The van der Waals surface area contributed by atoms with Crippen molar-refractivity contribution in [3.05, 3.63) is 11.6 Å². The van der Waals surface area contributed by atoms with Crippen molar-refractivity contribution in [2.24, 2.45) is 0 Å². The van der Waals surface area contributed by atoms with Crippen LogP contribution in [-0.4, -0.2) is 30.2 Å². The molecule has 0 radical (unpaired) electrons. The second-order valence-electron chi connectivity index (χ2n) is 3.84. The highest BCUT2D eigenvalue weighted by Gasteiger charge is 2.18. The van der Waals surface area contributed by atoms with Crippen LogP contribution in [0.2, 0.25) is 0 Å². The second-order valence-corrected chi connectivity index (χ2v) is 3.84. The van der Waals surface area contributed by atoms with E-state index in [1.54, 1.807) is 4.90 Å². The molecule has 0 spiro atoms. The standard InChI is InChI=1S/C11H19NO2/c1-4-10-5-7-12(8-6-10)11(13)14-9(2)3/h5,9H,4,6-8H2,1-3H3. The van der Waals surface area contributed by atoms with Crippen LogP contribution in [0, 0.1) is 0 Å². The summed E-state index contributed by atoms with van der Waals surface area (Å²) in [6, 6.07) is 0. The van der Waals surface area contributed by atoms with E-state index in [4.69, 9.17) is 4.74 Å². The molecule has 0 fully saturated rings. The number of rotatable bonds is 2. The molecule has 0 saturated heterocycles. The number of carbonyl (C=O) groups is 1. The first kappa shape index (κ1) is 11.1. The molecule has 0 N–H and O–H groups in total. The van der Waals surface area contributed by atoms with Crippen molar-refractivity contribution in [1.82, 2.24) is 4.90 Å². The van der Waals surface area contributed by atoms with Gasteiger partial charge in [0, 0.05) is 13.1 Å². The topological polar surface area (TPSA) is 29.5 Å². The van der Waals surface area contributed by atoms with Crippen LogP contribution < -0.4 is 0 Å². The van der Waals surface area contributed by atoms with E-state index in [9.17, 15) is 4.79 Å². The first-order valence-corrected chi connectivity index (χ1v) is 5.27. The van der Waals surface area contributed by atoms with Gasteiger partial charge in [0.25, 0.3) is 0 Å². The fraction of sp³-hybridized carbons (Fsp3) is 0.727.